The Hall–Kier alpha value is -2.31. The number of rotatable bonds is 3. The molecule has 0 radical (unpaired) electrons. The molecule has 0 amide bonds. The summed E-state index contributed by atoms with van der Waals surface area (Å²) in [6.45, 7) is 0. The van der Waals surface area contributed by atoms with Gasteiger partial charge in [0, 0.05) is 23.3 Å². The van der Waals surface area contributed by atoms with E-state index in [-0.39, 0.29) is 11.7 Å². The van der Waals surface area contributed by atoms with Gasteiger partial charge in [-0.2, -0.15) is 4.98 Å². The summed E-state index contributed by atoms with van der Waals surface area (Å²) in [6.07, 6.45) is 3.19. The number of pyridine rings is 1. The van der Waals surface area contributed by atoms with Crippen molar-refractivity contribution in [3.8, 4) is 11.5 Å². The maximum atomic E-state index is 13.5. The molecule has 0 aromatic carbocycles. The molecule has 4 rings (SSSR count). The first-order valence-corrected chi connectivity index (χ1v) is 7.25. The first-order chi connectivity index (χ1) is 10.7. The van der Waals surface area contributed by atoms with Crippen molar-refractivity contribution >= 4 is 10.9 Å². The molecule has 3 aromatic rings. The SMILES string of the molecule is FC(F)C1(c2nc(-c3nccc4[nH]ccc34)no2)CCCC1. The number of nitrogens with one attached hydrogen (secondary N) is 1. The molecule has 5 nitrogen and oxygen atoms in total. The number of nitrogens with zero attached hydrogens (tertiary/aromatic N) is 3. The minimum Gasteiger partial charge on any atom is -0.361 e. The second-order valence-corrected chi connectivity index (χ2v) is 5.69. The Morgan fingerprint density at radius 2 is 2.05 bits per heavy atom. The Bertz CT molecular complexity index is 805. The largest absolute Gasteiger partial charge is 0.361 e. The van der Waals surface area contributed by atoms with Gasteiger partial charge in [0.2, 0.25) is 11.7 Å². The van der Waals surface area contributed by atoms with Gasteiger partial charge in [-0.15, -0.1) is 0 Å². The van der Waals surface area contributed by atoms with Gasteiger partial charge in [-0.1, -0.05) is 18.0 Å². The third-order valence-corrected chi connectivity index (χ3v) is 4.46. The normalized spacial score (nSPS) is 17.6. The number of hydrogen-bond donors (Lipinski definition) is 1. The predicted octanol–water partition coefficient (Wildman–Crippen LogP) is 3.69. The van der Waals surface area contributed by atoms with Gasteiger partial charge in [0.15, 0.2) is 0 Å². The van der Waals surface area contributed by atoms with Crippen molar-refractivity contribution < 1.29 is 13.3 Å². The molecule has 7 heteroatoms. The number of halogens is 2. The Morgan fingerprint density at radius 1 is 1.23 bits per heavy atom. The third kappa shape index (κ3) is 1.84. The lowest BCUT2D eigenvalue weighted by Gasteiger charge is -2.22. The third-order valence-electron chi connectivity index (χ3n) is 4.46. The number of H-pyrrole nitrogens is 1. The molecule has 3 aromatic heterocycles. The smallest absolute Gasteiger partial charge is 0.252 e. The Balaban J connectivity index is 1.80. The van der Waals surface area contributed by atoms with Crippen molar-refractivity contribution in [2.45, 2.75) is 37.5 Å². The molecule has 22 heavy (non-hydrogen) atoms. The zero-order chi connectivity index (χ0) is 15.2. The maximum Gasteiger partial charge on any atom is 0.252 e. The number of hydrogen-bond acceptors (Lipinski definition) is 4. The van der Waals surface area contributed by atoms with Crippen LogP contribution < -0.4 is 0 Å². The Labute approximate surface area is 124 Å². The van der Waals surface area contributed by atoms with Gasteiger partial charge in [0.1, 0.15) is 11.1 Å². The number of aromatic nitrogens is 4. The van der Waals surface area contributed by atoms with E-state index in [1.807, 2.05) is 12.1 Å². The van der Waals surface area contributed by atoms with Crippen LogP contribution in [0.15, 0.2) is 29.0 Å². The lowest BCUT2D eigenvalue weighted by atomic mass is 9.86. The highest BCUT2D eigenvalue weighted by Gasteiger charge is 2.48. The van der Waals surface area contributed by atoms with E-state index >= 15 is 0 Å². The van der Waals surface area contributed by atoms with Crippen LogP contribution in [-0.2, 0) is 5.41 Å². The summed E-state index contributed by atoms with van der Waals surface area (Å²) in [6, 6.07) is 3.68. The van der Waals surface area contributed by atoms with E-state index in [4.69, 9.17) is 4.52 Å². The summed E-state index contributed by atoms with van der Waals surface area (Å²) in [5.74, 6) is 0.288. The lowest BCUT2D eigenvalue weighted by molar-refractivity contribution is 0.0328. The van der Waals surface area contributed by atoms with Gasteiger partial charge in [-0.3, -0.25) is 4.98 Å². The molecule has 1 N–H and O–H groups in total. The molecule has 114 valence electrons. The molecular weight excluding hydrogens is 290 g/mol. The fourth-order valence-electron chi connectivity index (χ4n) is 3.21. The van der Waals surface area contributed by atoms with Crippen molar-refractivity contribution in [3.63, 3.8) is 0 Å². The number of aromatic amines is 1. The molecule has 0 unspecified atom stereocenters. The van der Waals surface area contributed by atoms with Crippen LogP contribution in [0, 0.1) is 0 Å². The van der Waals surface area contributed by atoms with Gasteiger partial charge in [0.05, 0.1) is 0 Å². The van der Waals surface area contributed by atoms with Crippen LogP contribution >= 0.6 is 0 Å². The molecule has 0 aliphatic heterocycles. The second-order valence-electron chi connectivity index (χ2n) is 5.69. The Kier molecular flexibility index (Phi) is 2.95. The van der Waals surface area contributed by atoms with Crippen LogP contribution in [0.2, 0.25) is 0 Å². The van der Waals surface area contributed by atoms with Crippen LogP contribution in [0.4, 0.5) is 8.78 Å². The highest BCUT2D eigenvalue weighted by Crippen LogP contribution is 2.45. The molecule has 0 saturated heterocycles. The molecule has 0 atom stereocenters. The van der Waals surface area contributed by atoms with Gasteiger partial charge < -0.3 is 9.51 Å². The van der Waals surface area contributed by atoms with Crippen molar-refractivity contribution in [2.24, 2.45) is 0 Å². The molecule has 1 aliphatic carbocycles. The summed E-state index contributed by atoms with van der Waals surface area (Å²) >= 11 is 0. The fraction of sp³-hybridized carbons (Fsp3) is 0.400. The maximum absolute atomic E-state index is 13.5. The fourth-order valence-corrected chi connectivity index (χ4v) is 3.21. The predicted molar refractivity (Wildman–Crippen MR) is 75.5 cm³/mol. The van der Waals surface area contributed by atoms with Crippen molar-refractivity contribution in [2.75, 3.05) is 0 Å². The summed E-state index contributed by atoms with van der Waals surface area (Å²) < 4.78 is 32.3. The van der Waals surface area contributed by atoms with Crippen LogP contribution in [0.3, 0.4) is 0 Å². The van der Waals surface area contributed by atoms with E-state index in [9.17, 15) is 8.78 Å². The summed E-state index contributed by atoms with van der Waals surface area (Å²) in [5.41, 5.74) is 0.133. The Morgan fingerprint density at radius 3 is 2.82 bits per heavy atom. The number of alkyl halides is 2. The van der Waals surface area contributed by atoms with E-state index < -0.39 is 11.8 Å². The molecular formula is C15H14F2N4O. The van der Waals surface area contributed by atoms with E-state index in [2.05, 4.69) is 20.1 Å². The van der Waals surface area contributed by atoms with Gasteiger partial charge in [-0.05, 0) is 25.0 Å². The quantitative estimate of drug-likeness (QED) is 0.801. The molecule has 3 heterocycles. The average molecular weight is 304 g/mol. The summed E-state index contributed by atoms with van der Waals surface area (Å²) in [7, 11) is 0. The lowest BCUT2D eigenvalue weighted by Crippen LogP contribution is -2.31. The van der Waals surface area contributed by atoms with Crippen molar-refractivity contribution in [3.05, 3.63) is 30.4 Å². The zero-order valence-electron chi connectivity index (χ0n) is 11.7. The highest BCUT2D eigenvalue weighted by atomic mass is 19.3. The standard InChI is InChI=1S/C15H14F2N4O/c16-13(17)15(5-1-2-6-15)14-20-12(21-22-14)11-9-3-7-18-10(9)4-8-19-11/h3-4,7-8,13,18H,1-2,5-6H2. The minimum absolute atomic E-state index is 0.0318. The first kappa shape index (κ1) is 13.4. The van der Waals surface area contributed by atoms with Crippen molar-refractivity contribution in [1.82, 2.24) is 20.1 Å². The zero-order valence-corrected chi connectivity index (χ0v) is 11.7. The molecule has 0 spiro atoms. The van der Waals surface area contributed by atoms with E-state index in [1.165, 1.54) is 0 Å². The molecule has 1 saturated carbocycles. The van der Waals surface area contributed by atoms with Gasteiger partial charge in [0.25, 0.3) is 6.43 Å². The van der Waals surface area contributed by atoms with Crippen LogP contribution in [0.1, 0.15) is 31.6 Å². The average Bonchev–Trinajstić information content (AvgIpc) is 3.26. The summed E-state index contributed by atoms with van der Waals surface area (Å²) in [5, 5.41) is 4.73. The molecule has 1 fully saturated rings. The topological polar surface area (TPSA) is 67.6 Å². The van der Waals surface area contributed by atoms with Crippen LogP contribution in [-0.4, -0.2) is 26.5 Å². The van der Waals surface area contributed by atoms with E-state index in [0.717, 1.165) is 23.7 Å². The van der Waals surface area contributed by atoms with Crippen LogP contribution in [0.25, 0.3) is 22.4 Å². The monoisotopic (exact) mass is 304 g/mol. The minimum atomic E-state index is -2.50. The van der Waals surface area contributed by atoms with E-state index in [1.54, 1.807) is 12.4 Å². The highest BCUT2D eigenvalue weighted by molar-refractivity contribution is 5.90. The molecule has 1 aliphatic rings. The second kappa shape index (κ2) is 4.86. The number of fused-ring (bicyclic) bond motifs is 1. The first-order valence-electron chi connectivity index (χ1n) is 7.25. The van der Waals surface area contributed by atoms with Crippen molar-refractivity contribution in [1.29, 1.82) is 0 Å². The van der Waals surface area contributed by atoms with Gasteiger partial charge >= 0.3 is 0 Å². The summed E-state index contributed by atoms with van der Waals surface area (Å²) in [4.78, 5) is 11.6. The molecule has 0 bridgehead atoms. The van der Waals surface area contributed by atoms with Crippen LogP contribution in [0.5, 0.6) is 0 Å². The van der Waals surface area contributed by atoms with Gasteiger partial charge in [-0.25, -0.2) is 8.78 Å². The van der Waals surface area contributed by atoms with E-state index in [0.29, 0.717) is 18.5 Å².